The van der Waals surface area contributed by atoms with Crippen LogP contribution in [0.3, 0.4) is 0 Å². The Morgan fingerprint density at radius 3 is 2.50 bits per heavy atom. The summed E-state index contributed by atoms with van der Waals surface area (Å²) in [6, 6.07) is 23.4. The summed E-state index contributed by atoms with van der Waals surface area (Å²) in [6.45, 7) is 0.561. The van der Waals surface area contributed by atoms with Crippen molar-refractivity contribution in [3.8, 4) is 11.5 Å². The molecule has 0 bridgehead atoms. The number of benzene rings is 3. The first-order valence-corrected chi connectivity index (χ1v) is 9.25. The van der Waals surface area contributed by atoms with E-state index in [1.54, 1.807) is 13.2 Å². The van der Waals surface area contributed by atoms with E-state index in [0.29, 0.717) is 23.7 Å². The van der Waals surface area contributed by atoms with Crippen molar-refractivity contribution in [2.75, 3.05) is 19.0 Å². The van der Waals surface area contributed by atoms with Crippen LogP contribution >= 0.6 is 0 Å². The number of amides is 1. The summed E-state index contributed by atoms with van der Waals surface area (Å²) in [4.78, 5) is 12.4. The maximum atomic E-state index is 12.4. The predicted octanol–water partition coefficient (Wildman–Crippen LogP) is 4.17. The molecule has 0 saturated carbocycles. The number of methoxy groups -OCH3 is 1. The summed E-state index contributed by atoms with van der Waals surface area (Å²) >= 11 is 0. The molecule has 3 aromatic carbocycles. The first-order valence-electron chi connectivity index (χ1n) is 9.25. The van der Waals surface area contributed by atoms with Crippen LogP contribution in [0.5, 0.6) is 11.5 Å². The highest BCUT2D eigenvalue weighted by atomic mass is 16.5. The van der Waals surface area contributed by atoms with E-state index in [0.717, 1.165) is 17.7 Å². The zero-order valence-corrected chi connectivity index (χ0v) is 15.6. The molecule has 0 aliphatic carbocycles. The Balaban J connectivity index is 1.47. The monoisotopic (exact) mass is 374 g/mol. The molecule has 1 heterocycles. The van der Waals surface area contributed by atoms with Crippen molar-refractivity contribution in [1.29, 1.82) is 0 Å². The van der Waals surface area contributed by atoms with Crippen molar-refractivity contribution in [3.63, 3.8) is 0 Å². The molecular weight excluding hydrogens is 352 g/mol. The quantitative estimate of drug-likeness (QED) is 0.680. The molecule has 1 amide bonds. The van der Waals surface area contributed by atoms with Gasteiger partial charge in [-0.05, 0) is 35.4 Å². The molecule has 0 aromatic heterocycles. The van der Waals surface area contributed by atoms with Crippen LogP contribution in [0.15, 0.2) is 72.8 Å². The third-order valence-corrected chi connectivity index (χ3v) is 4.76. The van der Waals surface area contributed by atoms with Crippen LogP contribution < -0.4 is 20.1 Å². The lowest BCUT2D eigenvalue weighted by Crippen LogP contribution is -2.38. The fourth-order valence-corrected chi connectivity index (χ4v) is 3.28. The van der Waals surface area contributed by atoms with Crippen molar-refractivity contribution >= 4 is 11.6 Å². The Morgan fingerprint density at radius 1 is 0.893 bits per heavy atom. The molecular formula is C23H22N2O3. The minimum atomic E-state index is -0.324. The average molecular weight is 374 g/mol. The van der Waals surface area contributed by atoms with Gasteiger partial charge >= 0.3 is 0 Å². The molecule has 142 valence electrons. The van der Waals surface area contributed by atoms with E-state index in [4.69, 9.17) is 9.47 Å². The minimum absolute atomic E-state index is 0.0958. The molecule has 0 spiro atoms. The number of fused-ring (bicyclic) bond motifs is 1. The maximum absolute atomic E-state index is 12.4. The van der Waals surface area contributed by atoms with Gasteiger partial charge in [0.15, 0.2) is 11.5 Å². The van der Waals surface area contributed by atoms with Gasteiger partial charge in [-0.3, -0.25) is 4.79 Å². The van der Waals surface area contributed by atoms with Crippen molar-refractivity contribution in [1.82, 2.24) is 5.32 Å². The number of ether oxygens (including phenoxy) is 2. The lowest BCUT2D eigenvalue weighted by molar-refractivity contribution is 0.0935. The first-order chi connectivity index (χ1) is 13.7. The zero-order chi connectivity index (χ0) is 19.3. The van der Waals surface area contributed by atoms with Gasteiger partial charge in [0, 0.05) is 12.1 Å². The van der Waals surface area contributed by atoms with Gasteiger partial charge in [0.1, 0.15) is 6.17 Å². The Hall–Kier alpha value is -3.47. The van der Waals surface area contributed by atoms with Crippen LogP contribution in [0.4, 0.5) is 5.69 Å². The molecule has 1 aliphatic rings. The summed E-state index contributed by atoms with van der Waals surface area (Å²) in [5.74, 6) is 1.23. The molecule has 28 heavy (non-hydrogen) atoms. The Kier molecular flexibility index (Phi) is 5.15. The molecule has 5 nitrogen and oxygen atoms in total. The van der Waals surface area contributed by atoms with Crippen LogP contribution in [0.2, 0.25) is 0 Å². The number of hydrogen-bond acceptors (Lipinski definition) is 4. The van der Waals surface area contributed by atoms with E-state index in [1.807, 2.05) is 54.6 Å². The standard InChI is InChI=1S/C23H22N2O3/c1-27-21-15-17(22-24-19-10-6-5-9-18(19)23(26)25-22)11-12-20(21)28-14-13-16-7-3-2-4-8-16/h2-12,15,22,24H,13-14H2,1H3,(H,25,26). The molecule has 1 unspecified atom stereocenters. The number of para-hydroxylation sites is 1. The number of anilines is 1. The Labute approximate surface area is 164 Å². The summed E-state index contributed by atoms with van der Waals surface area (Å²) in [7, 11) is 1.62. The maximum Gasteiger partial charge on any atom is 0.255 e. The highest BCUT2D eigenvalue weighted by molar-refractivity contribution is 6.01. The molecule has 0 radical (unpaired) electrons. The van der Waals surface area contributed by atoms with Crippen LogP contribution in [-0.4, -0.2) is 19.6 Å². The van der Waals surface area contributed by atoms with Crippen molar-refractivity contribution in [3.05, 3.63) is 89.5 Å². The fraction of sp³-hybridized carbons (Fsp3) is 0.174. The Bertz CT molecular complexity index is 973. The lowest BCUT2D eigenvalue weighted by Gasteiger charge is -2.28. The molecule has 5 heteroatoms. The smallest absolute Gasteiger partial charge is 0.255 e. The van der Waals surface area contributed by atoms with Gasteiger partial charge in [0.25, 0.3) is 5.91 Å². The summed E-state index contributed by atoms with van der Waals surface area (Å²) in [5.41, 5.74) is 3.59. The first kappa shape index (κ1) is 17.9. The van der Waals surface area contributed by atoms with E-state index in [9.17, 15) is 4.79 Å². The van der Waals surface area contributed by atoms with E-state index < -0.39 is 0 Å². The van der Waals surface area contributed by atoms with Gasteiger partial charge < -0.3 is 20.1 Å². The second-order valence-electron chi connectivity index (χ2n) is 6.59. The second kappa shape index (κ2) is 8.05. The summed E-state index contributed by atoms with van der Waals surface area (Å²) in [6.07, 6.45) is 0.498. The second-order valence-corrected chi connectivity index (χ2v) is 6.59. The summed E-state index contributed by atoms with van der Waals surface area (Å²) in [5, 5.41) is 6.33. The van der Waals surface area contributed by atoms with Gasteiger partial charge in [-0.15, -0.1) is 0 Å². The third-order valence-electron chi connectivity index (χ3n) is 4.76. The number of hydrogen-bond donors (Lipinski definition) is 2. The van der Waals surface area contributed by atoms with Gasteiger partial charge in [-0.2, -0.15) is 0 Å². The molecule has 2 N–H and O–H groups in total. The molecule has 1 aliphatic heterocycles. The van der Waals surface area contributed by atoms with E-state index in [1.165, 1.54) is 5.56 Å². The third kappa shape index (κ3) is 3.78. The highest BCUT2D eigenvalue weighted by Gasteiger charge is 2.24. The number of nitrogens with one attached hydrogen (secondary N) is 2. The number of carbonyl (C=O) groups excluding carboxylic acids is 1. The van der Waals surface area contributed by atoms with E-state index in [-0.39, 0.29) is 12.1 Å². The van der Waals surface area contributed by atoms with Gasteiger partial charge in [0.2, 0.25) is 0 Å². The minimum Gasteiger partial charge on any atom is -0.493 e. The van der Waals surface area contributed by atoms with Crippen molar-refractivity contribution in [2.45, 2.75) is 12.6 Å². The van der Waals surface area contributed by atoms with Crippen LogP contribution in [0.25, 0.3) is 0 Å². The van der Waals surface area contributed by atoms with Crippen LogP contribution in [0, 0.1) is 0 Å². The molecule has 0 saturated heterocycles. The van der Waals surface area contributed by atoms with Gasteiger partial charge in [-0.1, -0.05) is 48.5 Å². The normalized spacial score (nSPS) is 15.2. The number of rotatable bonds is 6. The zero-order valence-electron chi connectivity index (χ0n) is 15.6. The van der Waals surface area contributed by atoms with E-state index >= 15 is 0 Å². The SMILES string of the molecule is COc1cc(C2NC(=O)c3ccccc3N2)ccc1OCCc1ccccc1. The predicted molar refractivity (Wildman–Crippen MR) is 109 cm³/mol. The van der Waals surface area contributed by atoms with Crippen LogP contribution in [-0.2, 0) is 6.42 Å². The summed E-state index contributed by atoms with van der Waals surface area (Å²) < 4.78 is 11.4. The van der Waals surface area contributed by atoms with Crippen molar-refractivity contribution < 1.29 is 14.3 Å². The van der Waals surface area contributed by atoms with Gasteiger partial charge in [-0.25, -0.2) is 0 Å². The lowest BCUT2D eigenvalue weighted by atomic mass is 10.1. The fourth-order valence-electron chi connectivity index (χ4n) is 3.28. The average Bonchev–Trinajstić information content (AvgIpc) is 2.74. The van der Waals surface area contributed by atoms with E-state index in [2.05, 4.69) is 22.8 Å². The largest absolute Gasteiger partial charge is 0.493 e. The topological polar surface area (TPSA) is 59.6 Å². The van der Waals surface area contributed by atoms with Crippen molar-refractivity contribution in [2.24, 2.45) is 0 Å². The molecule has 1 atom stereocenters. The number of carbonyl (C=O) groups is 1. The molecule has 0 fully saturated rings. The van der Waals surface area contributed by atoms with Gasteiger partial charge in [0.05, 0.1) is 19.3 Å². The molecule has 4 rings (SSSR count). The Morgan fingerprint density at radius 2 is 1.68 bits per heavy atom. The highest BCUT2D eigenvalue weighted by Crippen LogP contribution is 2.33. The van der Waals surface area contributed by atoms with Crippen LogP contribution in [0.1, 0.15) is 27.7 Å². The molecule has 3 aromatic rings.